The number of aryl methyl sites for hydroxylation is 1. The van der Waals surface area contributed by atoms with E-state index in [1.165, 1.54) is 19.3 Å². The normalized spacial score (nSPS) is 16.1. The molecule has 0 amide bonds. The molecule has 0 saturated heterocycles. The fourth-order valence-electron chi connectivity index (χ4n) is 2.30. The van der Waals surface area contributed by atoms with Crippen LogP contribution in [0.15, 0.2) is 12.1 Å². The van der Waals surface area contributed by atoms with E-state index < -0.39 is 5.97 Å². The molecule has 1 heterocycles. The predicted octanol–water partition coefficient (Wildman–Crippen LogP) is 3.33. The second-order valence-corrected chi connectivity index (χ2v) is 5.49. The Morgan fingerprint density at radius 1 is 1.42 bits per heavy atom. The highest BCUT2D eigenvalue weighted by Crippen LogP contribution is 2.48. The zero-order chi connectivity index (χ0) is 13.9. The molecule has 19 heavy (non-hydrogen) atoms. The molecule has 4 heteroatoms. The van der Waals surface area contributed by atoms with Crippen LogP contribution < -0.4 is 5.32 Å². The summed E-state index contributed by atoms with van der Waals surface area (Å²) in [5.74, 6) is -0.192. The maximum absolute atomic E-state index is 11.1. The summed E-state index contributed by atoms with van der Waals surface area (Å²) in [7, 11) is 0. The molecule has 1 aliphatic carbocycles. The Labute approximate surface area is 114 Å². The van der Waals surface area contributed by atoms with Crippen molar-refractivity contribution in [1.82, 2.24) is 4.98 Å². The maximum atomic E-state index is 11.1. The lowest BCUT2D eigenvalue weighted by Gasteiger charge is -2.15. The lowest BCUT2D eigenvalue weighted by atomic mass is 10.0. The van der Waals surface area contributed by atoms with Gasteiger partial charge in [-0.3, -0.25) is 0 Å². The van der Waals surface area contributed by atoms with Crippen molar-refractivity contribution in [3.63, 3.8) is 0 Å². The first-order chi connectivity index (χ1) is 9.08. The van der Waals surface area contributed by atoms with Gasteiger partial charge in [0.1, 0.15) is 5.82 Å². The van der Waals surface area contributed by atoms with Gasteiger partial charge in [-0.1, -0.05) is 20.3 Å². The van der Waals surface area contributed by atoms with Crippen LogP contribution in [0.5, 0.6) is 0 Å². The van der Waals surface area contributed by atoms with Gasteiger partial charge in [-0.05, 0) is 43.2 Å². The van der Waals surface area contributed by atoms with Crippen LogP contribution in [-0.2, 0) is 6.42 Å². The molecule has 1 saturated carbocycles. The number of aromatic carboxylic acids is 1. The summed E-state index contributed by atoms with van der Waals surface area (Å²) in [6, 6.07) is 3.30. The fraction of sp³-hybridized carbons (Fsp3) is 0.600. The lowest BCUT2D eigenvalue weighted by molar-refractivity contribution is 0.0696. The highest BCUT2D eigenvalue weighted by atomic mass is 16.4. The van der Waals surface area contributed by atoms with Crippen LogP contribution in [0, 0.1) is 5.41 Å². The van der Waals surface area contributed by atoms with Crippen LogP contribution in [0.25, 0.3) is 0 Å². The number of anilines is 1. The fourth-order valence-corrected chi connectivity index (χ4v) is 2.30. The second-order valence-electron chi connectivity index (χ2n) is 5.49. The summed E-state index contributed by atoms with van der Waals surface area (Å²) in [5, 5.41) is 12.5. The SMILES string of the molecule is CCCc1cc(C(=O)O)cc(NCC2(CC)CC2)n1. The Kier molecular flexibility index (Phi) is 4.08. The van der Waals surface area contributed by atoms with E-state index >= 15 is 0 Å². The minimum absolute atomic E-state index is 0.322. The molecule has 1 aromatic rings. The summed E-state index contributed by atoms with van der Waals surface area (Å²) in [6.45, 7) is 5.17. The molecule has 1 aliphatic rings. The molecule has 1 fully saturated rings. The van der Waals surface area contributed by atoms with Gasteiger partial charge in [-0.2, -0.15) is 0 Å². The third-order valence-electron chi connectivity index (χ3n) is 3.98. The van der Waals surface area contributed by atoms with Gasteiger partial charge in [-0.15, -0.1) is 0 Å². The monoisotopic (exact) mass is 262 g/mol. The molecule has 0 unspecified atom stereocenters. The summed E-state index contributed by atoms with van der Waals surface area (Å²) >= 11 is 0. The molecule has 0 atom stereocenters. The molecule has 1 aromatic heterocycles. The lowest BCUT2D eigenvalue weighted by Crippen LogP contribution is -2.16. The van der Waals surface area contributed by atoms with E-state index in [4.69, 9.17) is 5.11 Å². The van der Waals surface area contributed by atoms with E-state index in [9.17, 15) is 4.79 Å². The highest BCUT2D eigenvalue weighted by Gasteiger charge is 2.40. The van der Waals surface area contributed by atoms with Gasteiger partial charge in [0.15, 0.2) is 0 Å². The molecule has 0 aromatic carbocycles. The third-order valence-corrected chi connectivity index (χ3v) is 3.98. The van der Waals surface area contributed by atoms with Crippen LogP contribution in [0.2, 0.25) is 0 Å². The first kappa shape index (κ1) is 13.8. The first-order valence-electron chi connectivity index (χ1n) is 7.07. The number of hydrogen-bond donors (Lipinski definition) is 2. The van der Waals surface area contributed by atoms with Crippen molar-refractivity contribution in [1.29, 1.82) is 0 Å². The number of nitrogens with zero attached hydrogens (tertiary/aromatic N) is 1. The van der Waals surface area contributed by atoms with E-state index in [1.54, 1.807) is 12.1 Å². The quantitative estimate of drug-likeness (QED) is 0.791. The molecule has 2 rings (SSSR count). The standard InChI is InChI=1S/C15H22N2O2/c1-3-5-12-8-11(14(18)19)9-13(17-12)16-10-15(4-2)6-7-15/h8-9H,3-7,10H2,1-2H3,(H,16,17)(H,18,19). The molecule has 4 nitrogen and oxygen atoms in total. The topological polar surface area (TPSA) is 62.2 Å². The third kappa shape index (κ3) is 3.46. The minimum atomic E-state index is -0.889. The Bertz CT molecular complexity index is 467. The van der Waals surface area contributed by atoms with Crippen LogP contribution in [0.4, 0.5) is 5.82 Å². The van der Waals surface area contributed by atoms with E-state index in [0.29, 0.717) is 16.8 Å². The number of aromatic nitrogens is 1. The van der Waals surface area contributed by atoms with E-state index in [-0.39, 0.29) is 0 Å². The van der Waals surface area contributed by atoms with Gasteiger partial charge in [0.05, 0.1) is 5.56 Å². The van der Waals surface area contributed by atoms with Crippen molar-refractivity contribution in [3.8, 4) is 0 Å². The van der Waals surface area contributed by atoms with E-state index in [0.717, 1.165) is 25.1 Å². The summed E-state index contributed by atoms with van der Waals surface area (Å²) in [4.78, 5) is 15.6. The molecule has 0 aliphatic heterocycles. The number of carboxylic acids is 1. The van der Waals surface area contributed by atoms with Crippen LogP contribution in [0.3, 0.4) is 0 Å². The van der Waals surface area contributed by atoms with Gasteiger partial charge >= 0.3 is 5.97 Å². The average Bonchev–Trinajstić information content (AvgIpc) is 3.17. The van der Waals surface area contributed by atoms with Gasteiger partial charge in [-0.25, -0.2) is 9.78 Å². The summed E-state index contributed by atoms with van der Waals surface area (Å²) in [6.07, 6.45) is 5.47. The predicted molar refractivity (Wildman–Crippen MR) is 75.6 cm³/mol. The van der Waals surface area contributed by atoms with Gasteiger partial charge in [0.2, 0.25) is 0 Å². The Morgan fingerprint density at radius 2 is 2.16 bits per heavy atom. The summed E-state index contributed by atoms with van der Waals surface area (Å²) in [5.41, 5.74) is 1.60. The zero-order valence-electron chi connectivity index (χ0n) is 11.7. The first-order valence-corrected chi connectivity index (χ1v) is 7.07. The van der Waals surface area contributed by atoms with Gasteiger partial charge < -0.3 is 10.4 Å². The van der Waals surface area contributed by atoms with Crippen molar-refractivity contribution >= 4 is 11.8 Å². The minimum Gasteiger partial charge on any atom is -0.478 e. The van der Waals surface area contributed by atoms with Crippen LogP contribution in [0.1, 0.15) is 55.6 Å². The smallest absolute Gasteiger partial charge is 0.335 e. The average molecular weight is 262 g/mol. The molecule has 104 valence electrons. The summed E-state index contributed by atoms with van der Waals surface area (Å²) < 4.78 is 0. The molecule has 0 bridgehead atoms. The van der Waals surface area contributed by atoms with Crippen LogP contribution in [-0.4, -0.2) is 22.6 Å². The van der Waals surface area contributed by atoms with Crippen LogP contribution >= 0.6 is 0 Å². The van der Waals surface area contributed by atoms with Crippen molar-refractivity contribution in [2.75, 3.05) is 11.9 Å². The molecular formula is C15H22N2O2. The highest BCUT2D eigenvalue weighted by molar-refractivity contribution is 5.88. The Balaban J connectivity index is 2.11. The van der Waals surface area contributed by atoms with Crippen molar-refractivity contribution in [2.45, 2.75) is 46.0 Å². The van der Waals surface area contributed by atoms with Crippen molar-refractivity contribution < 1.29 is 9.90 Å². The Hall–Kier alpha value is -1.58. The molecular weight excluding hydrogens is 240 g/mol. The van der Waals surface area contributed by atoms with Crippen molar-refractivity contribution in [3.05, 3.63) is 23.4 Å². The van der Waals surface area contributed by atoms with E-state index in [2.05, 4.69) is 24.1 Å². The van der Waals surface area contributed by atoms with Gasteiger partial charge in [0, 0.05) is 12.2 Å². The Morgan fingerprint density at radius 3 is 2.68 bits per heavy atom. The number of rotatable bonds is 7. The number of pyridine rings is 1. The molecule has 2 N–H and O–H groups in total. The molecule has 0 radical (unpaired) electrons. The van der Waals surface area contributed by atoms with Gasteiger partial charge in [0.25, 0.3) is 0 Å². The molecule has 0 spiro atoms. The number of carboxylic acid groups (broad SMARTS) is 1. The second kappa shape index (κ2) is 5.59. The van der Waals surface area contributed by atoms with Crippen molar-refractivity contribution in [2.24, 2.45) is 5.41 Å². The number of hydrogen-bond acceptors (Lipinski definition) is 3. The van der Waals surface area contributed by atoms with E-state index in [1.807, 2.05) is 0 Å². The number of nitrogens with one attached hydrogen (secondary N) is 1. The maximum Gasteiger partial charge on any atom is 0.335 e. The largest absolute Gasteiger partial charge is 0.478 e. The number of carbonyl (C=O) groups is 1. The zero-order valence-corrected chi connectivity index (χ0v) is 11.7.